The molecule has 13 heavy (non-hydrogen) atoms. The fourth-order valence-electron chi connectivity index (χ4n) is 0.496. The van der Waals surface area contributed by atoms with Crippen LogP contribution in [0.1, 0.15) is 6.92 Å². The third-order valence-corrected chi connectivity index (χ3v) is 2.38. The van der Waals surface area contributed by atoms with Crippen molar-refractivity contribution >= 4 is 23.7 Å². The van der Waals surface area contributed by atoms with Crippen molar-refractivity contribution in [3.63, 3.8) is 0 Å². The van der Waals surface area contributed by atoms with Crippen LogP contribution in [0.5, 0.6) is 0 Å². The minimum absolute atomic E-state index is 0.00966. The van der Waals surface area contributed by atoms with Crippen molar-refractivity contribution in [2.75, 3.05) is 19.4 Å². The molecule has 1 atom stereocenters. The molecule has 76 valence electrons. The third-order valence-electron chi connectivity index (χ3n) is 1.24. The number of thioether (sulfide) groups is 1. The van der Waals surface area contributed by atoms with Crippen LogP contribution in [0.4, 0.5) is 4.79 Å². The van der Waals surface area contributed by atoms with Gasteiger partial charge in [0, 0.05) is 12.3 Å². The maximum Gasteiger partial charge on any atom is 0.321 e. The van der Waals surface area contributed by atoms with Gasteiger partial charge in [-0.3, -0.25) is 10.1 Å². The maximum atomic E-state index is 11.0. The molecular weight excluding hydrogens is 192 g/mol. The van der Waals surface area contributed by atoms with Crippen LogP contribution in [0.25, 0.3) is 0 Å². The normalized spacial score (nSPS) is 11.9. The van der Waals surface area contributed by atoms with Gasteiger partial charge in [0.1, 0.15) is 0 Å². The van der Waals surface area contributed by atoms with Gasteiger partial charge in [-0.15, -0.1) is 11.8 Å². The Morgan fingerprint density at radius 1 is 1.54 bits per heavy atom. The van der Waals surface area contributed by atoms with Crippen molar-refractivity contribution in [2.45, 2.75) is 12.2 Å². The Bertz CT molecular complexity index is 187. The molecule has 6 heteroatoms. The molecule has 0 aliphatic carbocycles. The first-order valence-electron chi connectivity index (χ1n) is 3.84. The number of carbonyl (C=O) groups is 2. The quantitative estimate of drug-likeness (QED) is 0.582. The highest BCUT2D eigenvalue weighted by Gasteiger charge is 2.08. The summed E-state index contributed by atoms with van der Waals surface area (Å²) in [5.74, 6) is -0.181. The predicted molar refractivity (Wildman–Crippen MR) is 51.6 cm³/mol. The van der Waals surface area contributed by atoms with E-state index in [1.807, 2.05) is 0 Å². The smallest absolute Gasteiger partial charge is 0.321 e. The van der Waals surface area contributed by atoms with Crippen LogP contribution in [-0.2, 0) is 4.79 Å². The number of imide groups is 1. The highest BCUT2D eigenvalue weighted by atomic mass is 32.2. The number of hydrogen-bond acceptors (Lipinski definition) is 4. The lowest BCUT2D eigenvalue weighted by Gasteiger charge is -2.06. The number of aliphatic hydroxyl groups is 1. The highest BCUT2D eigenvalue weighted by Crippen LogP contribution is 2.07. The first-order valence-corrected chi connectivity index (χ1v) is 4.89. The van der Waals surface area contributed by atoms with Gasteiger partial charge in [-0.05, 0) is 0 Å². The summed E-state index contributed by atoms with van der Waals surface area (Å²) in [6.07, 6.45) is 0. The van der Waals surface area contributed by atoms with Crippen LogP contribution in [-0.4, -0.2) is 41.7 Å². The average Bonchev–Trinajstić information content (AvgIpc) is 2.13. The van der Waals surface area contributed by atoms with Crippen molar-refractivity contribution in [3.05, 3.63) is 0 Å². The Hall–Kier alpha value is -0.750. The molecule has 0 rings (SSSR count). The van der Waals surface area contributed by atoms with Gasteiger partial charge < -0.3 is 10.4 Å². The van der Waals surface area contributed by atoms with Crippen LogP contribution in [0.2, 0.25) is 0 Å². The lowest BCUT2D eigenvalue weighted by Crippen LogP contribution is -2.38. The van der Waals surface area contributed by atoms with E-state index in [0.717, 1.165) is 0 Å². The summed E-state index contributed by atoms with van der Waals surface area (Å²) in [5, 5.41) is 13.0. The number of urea groups is 1. The summed E-state index contributed by atoms with van der Waals surface area (Å²) in [6.45, 7) is 1.83. The molecule has 3 amide bonds. The molecule has 0 saturated heterocycles. The van der Waals surface area contributed by atoms with Crippen LogP contribution in [0.15, 0.2) is 0 Å². The molecule has 0 heterocycles. The largest absolute Gasteiger partial charge is 0.395 e. The van der Waals surface area contributed by atoms with Gasteiger partial charge in [-0.2, -0.15) is 0 Å². The number of amides is 3. The van der Waals surface area contributed by atoms with Gasteiger partial charge in [0.15, 0.2) is 0 Å². The Labute approximate surface area is 81.3 Å². The number of nitrogens with one attached hydrogen (secondary N) is 2. The van der Waals surface area contributed by atoms with E-state index in [-0.39, 0.29) is 23.5 Å². The van der Waals surface area contributed by atoms with Crippen LogP contribution in [0.3, 0.4) is 0 Å². The Morgan fingerprint density at radius 2 is 2.15 bits per heavy atom. The molecule has 0 fully saturated rings. The standard InChI is InChI=1S/C7H14N2O3S/c1-5(3-10)13-4-6(11)9-7(12)8-2/h5,10H,3-4H2,1-2H3,(H2,8,9,11,12). The van der Waals surface area contributed by atoms with E-state index in [1.165, 1.54) is 18.8 Å². The van der Waals surface area contributed by atoms with E-state index in [2.05, 4.69) is 10.6 Å². The average molecular weight is 206 g/mol. The van der Waals surface area contributed by atoms with Gasteiger partial charge in [-0.25, -0.2) is 4.79 Å². The molecule has 5 nitrogen and oxygen atoms in total. The molecule has 3 N–H and O–H groups in total. The van der Waals surface area contributed by atoms with Gasteiger partial charge in [0.2, 0.25) is 5.91 Å². The molecule has 0 aromatic carbocycles. The third kappa shape index (κ3) is 6.41. The maximum absolute atomic E-state index is 11.0. The Balaban J connectivity index is 3.57. The van der Waals surface area contributed by atoms with Crippen molar-refractivity contribution in [1.82, 2.24) is 10.6 Å². The zero-order valence-corrected chi connectivity index (χ0v) is 8.48. The predicted octanol–water partition coefficient (Wildman–Crippen LogP) is -0.444. The topological polar surface area (TPSA) is 78.4 Å². The van der Waals surface area contributed by atoms with E-state index >= 15 is 0 Å². The minimum Gasteiger partial charge on any atom is -0.395 e. The highest BCUT2D eigenvalue weighted by molar-refractivity contribution is 8.00. The van der Waals surface area contributed by atoms with E-state index in [1.54, 1.807) is 6.92 Å². The molecule has 0 radical (unpaired) electrons. The molecule has 0 aromatic heterocycles. The Morgan fingerprint density at radius 3 is 2.62 bits per heavy atom. The molecule has 0 saturated carbocycles. The van der Waals surface area contributed by atoms with E-state index in [9.17, 15) is 9.59 Å². The van der Waals surface area contributed by atoms with Gasteiger partial charge in [0.25, 0.3) is 0 Å². The summed E-state index contributed by atoms with van der Waals surface area (Å²) < 4.78 is 0. The minimum atomic E-state index is -0.512. The van der Waals surface area contributed by atoms with Gasteiger partial charge in [0.05, 0.1) is 12.4 Å². The molecule has 0 aromatic rings. The Kier molecular flexibility index (Phi) is 6.34. The summed E-state index contributed by atoms with van der Waals surface area (Å²) >= 11 is 1.29. The second kappa shape index (κ2) is 6.73. The first-order chi connectivity index (χ1) is 6.10. The summed E-state index contributed by atoms with van der Waals surface area (Å²) in [7, 11) is 1.44. The number of hydrogen-bond donors (Lipinski definition) is 3. The summed E-state index contributed by atoms with van der Waals surface area (Å²) in [6, 6.07) is -0.512. The first kappa shape index (κ1) is 12.2. The summed E-state index contributed by atoms with van der Waals surface area (Å²) in [4.78, 5) is 21.6. The van der Waals surface area contributed by atoms with Crippen LogP contribution < -0.4 is 10.6 Å². The lowest BCUT2D eigenvalue weighted by molar-refractivity contribution is -0.117. The monoisotopic (exact) mass is 206 g/mol. The zero-order chi connectivity index (χ0) is 10.3. The van der Waals surface area contributed by atoms with E-state index < -0.39 is 6.03 Å². The number of carbonyl (C=O) groups excluding carboxylic acids is 2. The van der Waals surface area contributed by atoms with E-state index in [4.69, 9.17) is 5.11 Å². The van der Waals surface area contributed by atoms with Gasteiger partial charge >= 0.3 is 6.03 Å². The fraction of sp³-hybridized carbons (Fsp3) is 0.714. The summed E-state index contributed by atoms with van der Waals surface area (Å²) in [5.41, 5.74) is 0. The molecule has 0 spiro atoms. The van der Waals surface area contributed by atoms with Crippen LogP contribution in [0, 0.1) is 0 Å². The van der Waals surface area contributed by atoms with Crippen molar-refractivity contribution in [1.29, 1.82) is 0 Å². The van der Waals surface area contributed by atoms with Gasteiger partial charge in [-0.1, -0.05) is 6.92 Å². The molecule has 1 unspecified atom stereocenters. The molecule has 0 bridgehead atoms. The second-order valence-electron chi connectivity index (χ2n) is 2.43. The SMILES string of the molecule is CNC(=O)NC(=O)CSC(C)CO. The van der Waals surface area contributed by atoms with Crippen molar-refractivity contribution < 1.29 is 14.7 Å². The van der Waals surface area contributed by atoms with Crippen molar-refractivity contribution in [2.24, 2.45) is 0 Å². The molecule has 0 aliphatic heterocycles. The van der Waals surface area contributed by atoms with Crippen LogP contribution >= 0.6 is 11.8 Å². The van der Waals surface area contributed by atoms with E-state index in [0.29, 0.717) is 0 Å². The molecular formula is C7H14N2O3S. The zero-order valence-electron chi connectivity index (χ0n) is 7.66. The molecule has 0 aliphatic rings. The number of aliphatic hydroxyl groups excluding tert-OH is 1. The fourth-order valence-corrected chi connectivity index (χ4v) is 1.11. The van der Waals surface area contributed by atoms with Crippen molar-refractivity contribution in [3.8, 4) is 0 Å². The lowest BCUT2D eigenvalue weighted by atomic mass is 10.5. The second-order valence-corrected chi connectivity index (χ2v) is 3.86. The number of rotatable bonds is 4.